The number of hydrazone groups is 1. The van der Waals surface area contributed by atoms with Gasteiger partial charge in [0.1, 0.15) is 6.07 Å². The molecule has 0 atom stereocenters. The monoisotopic (exact) mass is 297 g/mol. The molecule has 22 heavy (non-hydrogen) atoms. The van der Waals surface area contributed by atoms with Gasteiger partial charge in [-0.05, 0) is 13.0 Å². The molecule has 0 amide bonds. The van der Waals surface area contributed by atoms with E-state index in [0.29, 0.717) is 11.1 Å². The van der Waals surface area contributed by atoms with Gasteiger partial charge in [-0.1, -0.05) is 18.7 Å². The van der Waals surface area contributed by atoms with E-state index >= 15 is 0 Å². The number of rotatable bonds is 5. The molecule has 0 bridgehead atoms. The third-order valence-corrected chi connectivity index (χ3v) is 2.60. The fourth-order valence-electron chi connectivity index (χ4n) is 1.58. The first-order valence-electron chi connectivity index (χ1n) is 6.12. The first-order chi connectivity index (χ1) is 10.5. The number of benzene rings is 1. The minimum Gasteiger partial charge on any atom is -0.418 e. The lowest BCUT2D eigenvalue weighted by molar-refractivity contribution is -0.385. The summed E-state index contributed by atoms with van der Waals surface area (Å²) in [6.45, 7) is 5.35. The third-order valence-electron chi connectivity index (χ3n) is 2.60. The van der Waals surface area contributed by atoms with Gasteiger partial charge in [-0.2, -0.15) is 15.3 Å². The van der Waals surface area contributed by atoms with Crippen molar-refractivity contribution in [2.75, 3.05) is 5.43 Å². The number of oxazole rings is 1. The van der Waals surface area contributed by atoms with Crippen LogP contribution >= 0.6 is 0 Å². The molecule has 0 saturated heterocycles. The van der Waals surface area contributed by atoms with Crippen LogP contribution in [-0.2, 0) is 0 Å². The number of nitrogens with one attached hydrogen (secondary N) is 1. The summed E-state index contributed by atoms with van der Waals surface area (Å²) >= 11 is 0. The van der Waals surface area contributed by atoms with E-state index in [2.05, 4.69) is 22.1 Å². The Morgan fingerprint density at radius 1 is 1.59 bits per heavy atom. The second-order valence-corrected chi connectivity index (χ2v) is 4.27. The molecule has 8 heteroatoms. The second kappa shape index (κ2) is 6.32. The van der Waals surface area contributed by atoms with Gasteiger partial charge in [0.05, 0.1) is 16.7 Å². The SMILES string of the molecule is C=C(C)c1nc(C#N)c(N/N=C\c2ccccc2[N+](=O)[O-])o1. The van der Waals surface area contributed by atoms with Crippen molar-refractivity contribution in [3.8, 4) is 6.07 Å². The van der Waals surface area contributed by atoms with Crippen molar-refractivity contribution in [1.29, 1.82) is 5.26 Å². The van der Waals surface area contributed by atoms with Crippen LogP contribution in [0.15, 0.2) is 40.4 Å². The molecule has 1 aromatic carbocycles. The van der Waals surface area contributed by atoms with Gasteiger partial charge in [-0.25, -0.2) is 5.43 Å². The van der Waals surface area contributed by atoms with E-state index in [-0.39, 0.29) is 23.2 Å². The van der Waals surface area contributed by atoms with Crippen molar-refractivity contribution in [3.63, 3.8) is 0 Å². The molecule has 1 N–H and O–H groups in total. The molecule has 0 radical (unpaired) electrons. The van der Waals surface area contributed by atoms with Crippen molar-refractivity contribution >= 4 is 23.4 Å². The van der Waals surface area contributed by atoms with Crippen LogP contribution in [0.3, 0.4) is 0 Å². The lowest BCUT2D eigenvalue weighted by atomic mass is 10.2. The van der Waals surface area contributed by atoms with E-state index in [4.69, 9.17) is 9.68 Å². The van der Waals surface area contributed by atoms with Gasteiger partial charge in [0.15, 0.2) is 0 Å². The highest BCUT2D eigenvalue weighted by molar-refractivity contribution is 5.85. The number of anilines is 1. The van der Waals surface area contributed by atoms with Crippen LogP contribution in [0.1, 0.15) is 24.1 Å². The van der Waals surface area contributed by atoms with E-state index in [1.54, 1.807) is 25.1 Å². The zero-order chi connectivity index (χ0) is 16.1. The maximum atomic E-state index is 10.9. The van der Waals surface area contributed by atoms with Crippen LogP contribution in [0.25, 0.3) is 5.57 Å². The van der Waals surface area contributed by atoms with Crippen LogP contribution in [-0.4, -0.2) is 16.1 Å². The number of allylic oxidation sites excluding steroid dienone is 1. The fraction of sp³-hybridized carbons (Fsp3) is 0.0714. The van der Waals surface area contributed by atoms with Crippen molar-refractivity contribution < 1.29 is 9.34 Å². The molecule has 2 rings (SSSR count). The van der Waals surface area contributed by atoms with E-state index in [0.717, 1.165) is 0 Å². The Morgan fingerprint density at radius 3 is 2.95 bits per heavy atom. The number of aromatic nitrogens is 1. The number of nitro groups is 1. The number of nitrogens with zero attached hydrogens (tertiary/aromatic N) is 4. The Morgan fingerprint density at radius 2 is 2.32 bits per heavy atom. The molecule has 110 valence electrons. The molecule has 0 aliphatic heterocycles. The Labute approximate surface area is 125 Å². The lowest BCUT2D eigenvalue weighted by Gasteiger charge is -1.97. The summed E-state index contributed by atoms with van der Waals surface area (Å²) in [7, 11) is 0. The average molecular weight is 297 g/mol. The van der Waals surface area contributed by atoms with Gasteiger partial charge in [0.2, 0.25) is 11.6 Å². The molecular weight excluding hydrogens is 286 g/mol. The standard InChI is InChI=1S/C14H11N5O3/c1-9(2)13-17-11(7-15)14(22-13)18-16-8-10-5-3-4-6-12(10)19(20)21/h3-6,8,18H,1H2,2H3/b16-8-. The number of hydrogen-bond acceptors (Lipinski definition) is 7. The Kier molecular flexibility index (Phi) is 4.29. The number of para-hydroxylation sites is 1. The molecule has 1 aromatic heterocycles. The molecule has 8 nitrogen and oxygen atoms in total. The van der Waals surface area contributed by atoms with E-state index in [1.165, 1.54) is 12.3 Å². The molecule has 1 heterocycles. The van der Waals surface area contributed by atoms with Gasteiger partial charge in [-0.3, -0.25) is 10.1 Å². The molecule has 2 aromatic rings. The van der Waals surface area contributed by atoms with Crippen molar-refractivity contribution in [2.24, 2.45) is 5.10 Å². The fourth-order valence-corrected chi connectivity index (χ4v) is 1.58. The summed E-state index contributed by atoms with van der Waals surface area (Å²) in [6.07, 6.45) is 1.27. The number of nitro benzene ring substituents is 1. The van der Waals surface area contributed by atoms with E-state index in [1.807, 2.05) is 6.07 Å². The molecule has 0 spiro atoms. The maximum absolute atomic E-state index is 10.9. The molecule has 0 aliphatic rings. The van der Waals surface area contributed by atoms with E-state index in [9.17, 15) is 10.1 Å². The van der Waals surface area contributed by atoms with Gasteiger partial charge >= 0.3 is 0 Å². The van der Waals surface area contributed by atoms with Gasteiger partial charge in [0, 0.05) is 11.6 Å². The van der Waals surface area contributed by atoms with Crippen LogP contribution in [0.2, 0.25) is 0 Å². The quantitative estimate of drug-likeness (QED) is 0.515. The predicted molar refractivity (Wildman–Crippen MR) is 80.2 cm³/mol. The van der Waals surface area contributed by atoms with Crippen LogP contribution in [0.4, 0.5) is 11.6 Å². The molecule has 0 saturated carbocycles. The smallest absolute Gasteiger partial charge is 0.278 e. The van der Waals surface area contributed by atoms with Crippen LogP contribution in [0, 0.1) is 21.4 Å². The second-order valence-electron chi connectivity index (χ2n) is 4.27. The summed E-state index contributed by atoms with van der Waals surface area (Å²) in [6, 6.07) is 8.00. The summed E-state index contributed by atoms with van der Waals surface area (Å²) in [4.78, 5) is 14.3. The van der Waals surface area contributed by atoms with Crippen molar-refractivity contribution in [2.45, 2.75) is 6.92 Å². The Hall–Kier alpha value is -3.47. The number of nitriles is 1. The van der Waals surface area contributed by atoms with Crippen molar-refractivity contribution in [1.82, 2.24) is 4.98 Å². The van der Waals surface area contributed by atoms with Gasteiger partial charge in [-0.15, -0.1) is 0 Å². The number of hydrogen-bond donors (Lipinski definition) is 1. The van der Waals surface area contributed by atoms with Gasteiger partial charge in [0.25, 0.3) is 11.6 Å². The Balaban J connectivity index is 2.22. The van der Waals surface area contributed by atoms with Crippen molar-refractivity contribution in [3.05, 3.63) is 58.1 Å². The molecule has 0 unspecified atom stereocenters. The summed E-state index contributed by atoms with van der Waals surface area (Å²) in [5.74, 6) is 0.273. The topological polar surface area (TPSA) is 117 Å². The van der Waals surface area contributed by atoms with Crippen LogP contribution in [0.5, 0.6) is 0 Å². The highest BCUT2D eigenvalue weighted by atomic mass is 16.6. The first kappa shape index (κ1) is 14.9. The Bertz CT molecular complexity index is 801. The minimum absolute atomic E-state index is 0.0257. The summed E-state index contributed by atoms with van der Waals surface area (Å²) in [5, 5.41) is 23.7. The van der Waals surface area contributed by atoms with Crippen LogP contribution < -0.4 is 5.43 Å². The zero-order valence-corrected chi connectivity index (χ0v) is 11.6. The third kappa shape index (κ3) is 3.16. The predicted octanol–water partition coefficient (Wildman–Crippen LogP) is 2.93. The normalized spacial score (nSPS) is 10.4. The lowest BCUT2D eigenvalue weighted by Crippen LogP contribution is -1.96. The highest BCUT2D eigenvalue weighted by Gasteiger charge is 2.13. The summed E-state index contributed by atoms with van der Waals surface area (Å²) in [5.41, 5.74) is 3.34. The maximum Gasteiger partial charge on any atom is 0.278 e. The first-order valence-corrected chi connectivity index (χ1v) is 6.12. The average Bonchev–Trinajstić information content (AvgIpc) is 2.91. The van der Waals surface area contributed by atoms with E-state index < -0.39 is 4.92 Å². The zero-order valence-electron chi connectivity index (χ0n) is 11.6. The largest absolute Gasteiger partial charge is 0.418 e. The molecule has 0 aliphatic carbocycles. The molecule has 0 fully saturated rings. The minimum atomic E-state index is -0.504. The molecular formula is C14H11N5O3. The highest BCUT2D eigenvalue weighted by Crippen LogP contribution is 2.21. The summed E-state index contributed by atoms with van der Waals surface area (Å²) < 4.78 is 5.29. The van der Waals surface area contributed by atoms with Gasteiger partial charge < -0.3 is 4.42 Å².